The monoisotopic (exact) mass is 174 g/mol. The molecule has 11 heavy (non-hydrogen) atoms. The number of thioether (sulfide) groups is 1. The van der Waals surface area contributed by atoms with Gasteiger partial charge < -0.3 is 0 Å². The van der Waals surface area contributed by atoms with Crippen molar-refractivity contribution in [1.29, 1.82) is 0 Å². The molecule has 0 aromatic heterocycles. The summed E-state index contributed by atoms with van der Waals surface area (Å²) in [5.74, 6) is 3.58. The Bertz CT molecular complexity index is 69.3. The Kier molecular flexibility index (Phi) is 8.72. The first-order valence-corrected chi connectivity index (χ1v) is 6.00. The molecule has 68 valence electrons. The maximum atomic E-state index is 2.29. The Morgan fingerprint density at radius 2 is 1.82 bits per heavy atom. The van der Waals surface area contributed by atoms with Crippen LogP contribution in [0, 0.1) is 5.92 Å². The standard InChI is InChI=1S/C10H22S/c1-4-5-6-7-8-11-9-10(2)3/h10H,4-9H2,1-3H3. The molecule has 0 aliphatic heterocycles. The van der Waals surface area contributed by atoms with Gasteiger partial charge in [-0.15, -0.1) is 0 Å². The van der Waals surface area contributed by atoms with Crippen LogP contribution >= 0.6 is 11.8 Å². The predicted molar refractivity (Wildman–Crippen MR) is 56.3 cm³/mol. The van der Waals surface area contributed by atoms with Crippen LogP contribution < -0.4 is 0 Å². The molecule has 0 amide bonds. The van der Waals surface area contributed by atoms with Gasteiger partial charge in [-0.2, -0.15) is 11.8 Å². The Hall–Kier alpha value is 0.350. The van der Waals surface area contributed by atoms with Crippen LogP contribution in [0.15, 0.2) is 0 Å². The summed E-state index contributed by atoms with van der Waals surface area (Å²) in [5, 5.41) is 0. The molecule has 1 heteroatoms. The fraction of sp³-hybridized carbons (Fsp3) is 1.00. The highest BCUT2D eigenvalue weighted by atomic mass is 32.2. The summed E-state index contributed by atoms with van der Waals surface area (Å²) in [4.78, 5) is 0. The number of unbranched alkanes of at least 4 members (excludes halogenated alkanes) is 3. The molecule has 0 atom stereocenters. The average Bonchev–Trinajstić information content (AvgIpc) is 1.96. The highest BCUT2D eigenvalue weighted by molar-refractivity contribution is 7.99. The second-order valence-electron chi connectivity index (χ2n) is 3.53. The minimum Gasteiger partial charge on any atom is -0.162 e. The Labute approximate surface area is 76.1 Å². The van der Waals surface area contributed by atoms with Crippen molar-refractivity contribution in [3.8, 4) is 0 Å². The van der Waals surface area contributed by atoms with Crippen LogP contribution in [0.1, 0.15) is 46.5 Å². The van der Waals surface area contributed by atoms with Crippen LogP contribution in [0.5, 0.6) is 0 Å². The van der Waals surface area contributed by atoms with Crippen molar-refractivity contribution in [2.45, 2.75) is 46.5 Å². The van der Waals surface area contributed by atoms with Crippen LogP contribution in [-0.4, -0.2) is 11.5 Å². The lowest BCUT2D eigenvalue weighted by atomic mass is 10.2. The van der Waals surface area contributed by atoms with Gasteiger partial charge in [0.05, 0.1) is 0 Å². The molecule has 0 nitrogen and oxygen atoms in total. The molecular weight excluding hydrogens is 152 g/mol. The van der Waals surface area contributed by atoms with Gasteiger partial charge in [-0.05, 0) is 23.8 Å². The second kappa shape index (κ2) is 8.45. The molecule has 0 aliphatic rings. The minimum atomic E-state index is 0.867. The second-order valence-corrected chi connectivity index (χ2v) is 4.68. The van der Waals surface area contributed by atoms with Crippen molar-refractivity contribution >= 4 is 11.8 Å². The van der Waals surface area contributed by atoms with Crippen molar-refractivity contribution < 1.29 is 0 Å². The van der Waals surface area contributed by atoms with E-state index in [2.05, 4.69) is 32.5 Å². The van der Waals surface area contributed by atoms with Gasteiger partial charge in [0.2, 0.25) is 0 Å². The van der Waals surface area contributed by atoms with E-state index in [4.69, 9.17) is 0 Å². The van der Waals surface area contributed by atoms with Crippen LogP contribution in [0.25, 0.3) is 0 Å². The third kappa shape index (κ3) is 10.4. The normalized spacial score (nSPS) is 10.9. The van der Waals surface area contributed by atoms with E-state index in [1.807, 2.05) is 0 Å². The van der Waals surface area contributed by atoms with E-state index in [1.165, 1.54) is 37.2 Å². The van der Waals surface area contributed by atoms with Crippen molar-refractivity contribution in [2.75, 3.05) is 11.5 Å². The maximum Gasteiger partial charge on any atom is -0.00444 e. The molecule has 0 heterocycles. The SMILES string of the molecule is CCCCCCSCC(C)C. The zero-order valence-corrected chi connectivity index (χ0v) is 9.04. The molecule has 0 aromatic carbocycles. The number of hydrogen-bond acceptors (Lipinski definition) is 1. The van der Waals surface area contributed by atoms with E-state index in [-0.39, 0.29) is 0 Å². The van der Waals surface area contributed by atoms with Gasteiger partial charge in [0, 0.05) is 0 Å². The number of hydrogen-bond donors (Lipinski definition) is 0. The summed E-state index contributed by atoms with van der Waals surface area (Å²) in [6, 6.07) is 0. The summed E-state index contributed by atoms with van der Waals surface area (Å²) in [6.45, 7) is 6.85. The van der Waals surface area contributed by atoms with E-state index in [0.29, 0.717) is 0 Å². The number of rotatable bonds is 7. The predicted octanol–water partition coefficient (Wildman–Crippen LogP) is 3.96. The fourth-order valence-corrected chi connectivity index (χ4v) is 2.00. The summed E-state index contributed by atoms with van der Waals surface area (Å²) < 4.78 is 0. The lowest BCUT2D eigenvalue weighted by molar-refractivity contribution is 0.704. The zero-order valence-electron chi connectivity index (χ0n) is 8.23. The molecule has 0 radical (unpaired) electrons. The third-order valence-corrected chi connectivity index (χ3v) is 3.07. The van der Waals surface area contributed by atoms with Gasteiger partial charge in [-0.25, -0.2) is 0 Å². The molecule has 0 spiro atoms. The quantitative estimate of drug-likeness (QED) is 0.527. The molecule has 0 aliphatic carbocycles. The lowest BCUT2D eigenvalue weighted by Gasteiger charge is -2.03. The third-order valence-electron chi connectivity index (χ3n) is 1.59. The molecule has 0 fully saturated rings. The largest absolute Gasteiger partial charge is 0.162 e. The van der Waals surface area contributed by atoms with E-state index in [0.717, 1.165) is 5.92 Å². The topological polar surface area (TPSA) is 0 Å². The van der Waals surface area contributed by atoms with E-state index < -0.39 is 0 Å². The van der Waals surface area contributed by atoms with Crippen molar-refractivity contribution in [1.82, 2.24) is 0 Å². The summed E-state index contributed by atoms with van der Waals surface area (Å²) in [5.41, 5.74) is 0. The molecular formula is C10H22S. The Balaban J connectivity index is 2.80. The van der Waals surface area contributed by atoms with E-state index in [1.54, 1.807) is 0 Å². The lowest BCUT2D eigenvalue weighted by Crippen LogP contribution is -1.92. The molecule has 0 aromatic rings. The van der Waals surface area contributed by atoms with Gasteiger partial charge in [-0.3, -0.25) is 0 Å². The Morgan fingerprint density at radius 3 is 2.36 bits per heavy atom. The van der Waals surface area contributed by atoms with Gasteiger partial charge in [0.1, 0.15) is 0 Å². The van der Waals surface area contributed by atoms with Gasteiger partial charge in [0.25, 0.3) is 0 Å². The van der Waals surface area contributed by atoms with E-state index in [9.17, 15) is 0 Å². The zero-order chi connectivity index (χ0) is 8.53. The highest BCUT2D eigenvalue weighted by Crippen LogP contribution is 2.10. The van der Waals surface area contributed by atoms with Crippen LogP contribution in [0.3, 0.4) is 0 Å². The highest BCUT2D eigenvalue weighted by Gasteiger charge is 1.93. The van der Waals surface area contributed by atoms with Crippen molar-refractivity contribution in [3.05, 3.63) is 0 Å². The first kappa shape index (κ1) is 11.4. The molecule has 0 saturated heterocycles. The molecule has 0 saturated carbocycles. The first-order valence-electron chi connectivity index (χ1n) is 4.85. The van der Waals surface area contributed by atoms with Gasteiger partial charge in [-0.1, -0.05) is 40.0 Å². The molecule has 0 bridgehead atoms. The van der Waals surface area contributed by atoms with Crippen LogP contribution in [0.2, 0.25) is 0 Å². The smallest absolute Gasteiger partial charge is 0.00444 e. The summed E-state index contributed by atoms with van der Waals surface area (Å²) >= 11 is 2.11. The maximum absolute atomic E-state index is 2.29. The van der Waals surface area contributed by atoms with Gasteiger partial charge >= 0.3 is 0 Å². The molecule has 0 unspecified atom stereocenters. The molecule has 0 rings (SSSR count). The van der Waals surface area contributed by atoms with E-state index >= 15 is 0 Å². The average molecular weight is 174 g/mol. The first-order chi connectivity index (χ1) is 5.27. The van der Waals surface area contributed by atoms with Crippen LogP contribution in [0.4, 0.5) is 0 Å². The summed E-state index contributed by atoms with van der Waals surface area (Å²) in [6.07, 6.45) is 5.63. The fourth-order valence-electron chi connectivity index (χ4n) is 0.950. The van der Waals surface area contributed by atoms with Crippen molar-refractivity contribution in [2.24, 2.45) is 5.92 Å². The van der Waals surface area contributed by atoms with Gasteiger partial charge in [0.15, 0.2) is 0 Å². The minimum absolute atomic E-state index is 0.867. The molecule has 0 N–H and O–H groups in total. The summed E-state index contributed by atoms with van der Waals surface area (Å²) in [7, 11) is 0. The van der Waals surface area contributed by atoms with Crippen LogP contribution in [-0.2, 0) is 0 Å². The Morgan fingerprint density at radius 1 is 1.09 bits per heavy atom. The van der Waals surface area contributed by atoms with Crippen molar-refractivity contribution in [3.63, 3.8) is 0 Å².